The van der Waals surface area contributed by atoms with Crippen LogP contribution in [-0.2, 0) is 6.61 Å². The number of nitrogen functional groups attached to an aromatic ring is 1. The number of nitrogens with two attached hydrogens (primary N) is 1. The first kappa shape index (κ1) is 14.3. The van der Waals surface area contributed by atoms with Gasteiger partial charge < -0.3 is 10.5 Å². The summed E-state index contributed by atoms with van der Waals surface area (Å²) in [5, 5.41) is 0. The molecule has 2 N–H and O–H groups in total. The fourth-order valence-electron chi connectivity index (χ4n) is 2.24. The summed E-state index contributed by atoms with van der Waals surface area (Å²) in [6, 6.07) is 5.97. The summed E-state index contributed by atoms with van der Waals surface area (Å²) in [4.78, 5) is 0. The number of benzene rings is 2. The summed E-state index contributed by atoms with van der Waals surface area (Å²) in [6.07, 6.45) is 0. The van der Waals surface area contributed by atoms with Crippen LogP contribution in [0.15, 0.2) is 24.3 Å². The molecule has 0 atom stereocenters. The molecule has 0 saturated carbocycles. The van der Waals surface area contributed by atoms with Crippen molar-refractivity contribution in [1.82, 2.24) is 0 Å². The predicted molar refractivity (Wildman–Crippen MR) is 75.8 cm³/mol. The lowest BCUT2D eigenvalue weighted by Crippen LogP contribution is -2.03. The van der Waals surface area contributed by atoms with Crippen molar-refractivity contribution >= 4 is 5.69 Å². The van der Waals surface area contributed by atoms with E-state index in [-0.39, 0.29) is 18.0 Å². The molecule has 2 aromatic carbocycles. The van der Waals surface area contributed by atoms with Crippen LogP contribution in [0.3, 0.4) is 0 Å². The fraction of sp³-hybridized carbons (Fsp3) is 0.250. The third-order valence-electron chi connectivity index (χ3n) is 3.26. The van der Waals surface area contributed by atoms with Crippen molar-refractivity contribution in [2.75, 3.05) is 5.73 Å². The van der Waals surface area contributed by atoms with Gasteiger partial charge >= 0.3 is 0 Å². The van der Waals surface area contributed by atoms with Gasteiger partial charge in [0.2, 0.25) is 0 Å². The van der Waals surface area contributed by atoms with Gasteiger partial charge in [0.25, 0.3) is 0 Å². The Bertz CT molecular complexity index is 630. The maximum absolute atomic E-state index is 13.6. The van der Waals surface area contributed by atoms with Crippen molar-refractivity contribution in [1.29, 1.82) is 0 Å². The first-order valence-corrected chi connectivity index (χ1v) is 6.32. The molecular formula is C16H17F2NO. The van der Waals surface area contributed by atoms with E-state index in [1.807, 2.05) is 32.9 Å². The molecule has 0 heterocycles. The molecule has 0 fully saturated rings. The third kappa shape index (κ3) is 2.90. The molecule has 106 valence electrons. The maximum atomic E-state index is 13.6. The monoisotopic (exact) mass is 277 g/mol. The number of rotatable bonds is 3. The van der Waals surface area contributed by atoms with Gasteiger partial charge in [-0.3, -0.25) is 0 Å². The van der Waals surface area contributed by atoms with Crippen LogP contribution in [-0.4, -0.2) is 0 Å². The number of anilines is 1. The van der Waals surface area contributed by atoms with Gasteiger partial charge in [-0.15, -0.1) is 0 Å². The molecule has 2 aromatic rings. The Kier molecular flexibility index (Phi) is 3.93. The highest BCUT2D eigenvalue weighted by molar-refractivity contribution is 5.45. The summed E-state index contributed by atoms with van der Waals surface area (Å²) in [6.45, 7) is 6.15. The molecule has 4 heteroatoms. The van der Waals surface area contributed by atoms with Gasteiger partial charge in [0.05, 0.1) is 5.69 Å². The molecular weight excluding hydrogens is 260 g/mol. The van der Waals surface area contributed by atoms with Crippen molar-refractivity contribution in [3.05, 3.63) is 58.2 Å². The smallest absolute Gasteiger partial charge is 0.167 e. The van der Waals surface area contributed by atoms with Gasteiger partial charge in [-0.25, -0.2) is 8.78 Å². The van der Waals surface area contributed by atoms with Crippen molar-refractivity contribution in [3.63, 3.8) is 0 Å². The van der Waals surface area contributed by atoms with Crippen LogP contribution in [0.25, 0.3) is 0 Å². The molecule has 0 aliphatic rings. The first-order chi connectivity index (χ1) is 9.38. The molecule has 0 amide bonds. The normalized spacial score (nSPS) is 10.7. The fourth-order valence-corrected chi connectivity index (χ4v) is 2.24. The van der Waals surface area contributed by atoms with Gasteiger partial charge in [0.15, 0.2) is 11.6 Å². The van der Waals surface area contributed by atoms with E-state index in [4.69, 9.17) is 10.5 Å². The van der Waals surface area contributed by atoms with Crippen LogP contribution in [0.2, 0.25) is 0 Å². The van der Waals surface area contributed by atoms with Gasteiger partial charge in [0.1, 0.15) is 12.4 Å². The number of ether oxygens (including phenoxy) is 1. The van der Waals surface area contributed by atoms with Crippen molar-refractivity contribution in [2.45, 2.75) is 27.4 Å². The first-order valence-electron chi connectivity index (χ1n) is 6.32. The number of hydrogen-bond acceptors (Lipinski definition) is 2. The molecule has 0 bridgehead atoms. The highest BCUT2D eigenvalue weighted by Crippen LogP contribution is 2.25. The van der Waals surface area contributed by atoms with Crippen LogP contribution < -0.4 is 10.5 Å². The highest BCUT2D eigenvalue weighted by Gasteiger charge is 2.11. The molecule has 2 nitrogen and oxygen atoms in total. The Morgan fingerprint density at radius 3 is 2.15 bits per heavy atom. The Balaban J connectivity index is 2.23. The van der Waals surface area contributed by atoms with Crippen LogP contribution in [0.1, 0.15) is 22.3 Å². The topological polar surface area (TPSA) is 35.2 Å². The Labute approximate surface area is 117 Å². The minimum Gasteiger partial charge on any atom is -0.486 e. The van der Waals surface area contributed by atoms with E-state index in [2.05, 4.69) is 0 Å². The van der Waals surface area contributed by atoms with Crippen LogP contribution >= 0.6 is 0 Å². The molecule has 20 heavy (non-hydrogen) atoms. The van der Waals surface area contributed by atoms with E-state index in [0.29, 0.717) is 0 Å². The maximum Gasteiger partial charge on any atom is 0.167 e. The second-order valence-electron chi connectivity index (χ2n) is 4.97. The lowest BCUT2D eigenvalue weighted by Gasteiger charge is -2.13. The summed E-state index contributed by atoms with van der Waals surface area (Å²) >= 11 is 0. The molecule has 0 aliphatic heterocycles. The van der Waals surface area contributed by atoms with Crippen molar-refractivity contribution < 1.29 is 13.5 Å². The second-order valence-corrected chi connectivity index (χ2v) is 4.97. The van der Waals surface area contributed by atoms with Crippen molar-refractivity contribution in [3.8, 4) is 5.75 Å². The van der Waals surface area contributed by atoms with E-state index in [9.17, 15) is 8.78 Å². The van der Waals surface area contributed by atoms with Gasteiger partial charge in [-0.2, -0.15) is 0 Å². The summed E-state index contributed by atoms with van der Waals surface area (Å²) in [7, 11) is 0. The summed E-state index contributed by atoms with van der Waals surface area (Å²) in [5.41, 5.74) is 9.34. The van der Waals surface area contributed by atoms with E-state index in [1.54, 1.807) is 0 Å². The Hall–Kier alpha value is -2.10. The number of halogens is 2. The Morgan fingerprint density at radius 2 is 1.55 bits per heavy atom. The number of hydrogen-bond donors (Lipinski definition) is 1. The zero-order chi connectivity index (χ0) is 14.9. The van der Waals surface area contributed by atoms with Gasteiger partial charge in [-0.1, -0.05) is 17.7 Å². The van der Waals surface area contributed by atoms with Gasteiger partial charge in [0, 0.05) is 12.1 Å². The predicted octanol–water partition coefficient (Wildman–Crippen LogP) is 4.05. The molecule has 0 aliphatic carbocycles. The molecule has 0 radical (unpaired) electrons. The van der Waals surface area contributed by atoms with Crippen LogP contribution in [0.4, 0.5) is 14.5 Å². The minimum atomic E-state index is -0.682. The quantitative estimate of drug-likeness (QED) is 0.859. The zero-order valence-electron chi connectivity index (χ0n) is 11.8. The minimum absolute atomic E-state index is 0.129. The van der Waals surface area contributed by atoms with E-state index in [1.165, 1.54) is 0 Å². The molecule has 0 spiro atoms. The zero-order valence-corrected chi connectivity index (χ0v) is 11.8. The van der Waals surface area contributed by atoms with E-state index >= 15 is 0 Å². The lowest BCUT2D eigenvalue weighted by molar-refractivity contribution is 0.287. The van der Waals surface area contributed by atoms with E-state index in [0.717, 1.165) is 34.4 Å². The SMILES string of the molecule is Cc1cc(C)c(COc2cc(F)c(N)cc2F)c(C)c1. The molecule has 0 unspecified atom stereocenters. The van der Waals surface area contributed by atoms with E-state index < -0.39 is 11.6 Å². The molecule has 0 aromatic heterocycles. The third-order valence-corrected chi connectivity index (χ3v) is 3.26. The standard InChI is InChI=1S/C16H17F2NO/c1-9-4-10(2)12(11(3)5-9)8-20-16-7-13(17)15(19)6-14(16)18/h4-7H,8,19H2,1-3H3. The van der Waals surface area contributed by atoms with Gasteiger partial charge in [-0.05, 0) is 37.5 Å². The second kappa shape index (κ2) is 5.49. The lowest BCUT2D eigenvalue weighted by atomic mass is 10.0. The molecule has 0 saturated heterocycles. The molecule has 2 rings (SSSR count). The largest absolute Gasteiger partial charge is 0.486 e. The summed E-state index contributed by atoms with van der Waals surface area (Å²) < 4.78 is 32.3. The average Bonchev–Trinajstić information content (AvgIpc) is 2.33. The van der Waals surface area contributed by atoms with Crippen LogP contribution in [0, 0.1) is 32.4 Å². The summed E-state index contributed by atoms with van der Waals surface area (Å²) in [5.74, 6) is -1.47. The highest BCUT2D eigenvalue weighted by atomic mass is 19.1. The Morgan fingerprint density at radius 1 is 0.950 bits per heavy atom. The average molecular weight is 277 g/mol. The van der Waals surface area contributed by atoms with Crippen LogP contribution in [0.5, 0.6) is 5.75 Å². The number of aryl methyl sites for hydroxylation is 3. The van der Waals surface area contributed by atoms with Crippen molar-refractivity contribution in [2.24, 2.45) is 0 Å².